The molecular weight excluding hydrogens is 236 g/mol. The zero-order chi connectivity index (χ0) is 12.4. The van der Waals surface area contributed by atoms with E-state index in [9.17, 15) is 9.59 Å². The Morgan fingerprint density at radius 3 is 2.29 bits per heavy atom. The van der Waals surface area contributed by atoms with Gasteiger partial charge in [-0.25, -0.2) is 4.79 Å². The Labute approximate surface area is 102 Å². The SMILES string of the molecule is Cc1cc(C)cc(Sc2c[nH]c(=O)[nH]c2=O)c1. The predicted octanol–water partition coefficient (Wildman–Crippen LogP) is 1.83. The molecule has 0 amide bonds. The lowest BCUT2D eigenvalue weighted by molar-refractivity contribution is 0.976. The molecule has 0 aliphatic rings. The number of aromatic amines is 2. The number of rotatable bonds is 2. The van der Waals surface area contributed by atoms with E-state index < -0.39 is 5.69 Å². The molecule has 0 fully saturated rings. The van der Waals surface area contributed by atoms with Gasteiger partial charge < -0.3 is 4.98 Å². The van der Waals surface area contributed by atoms with Gasteiger partial charge in [-0.15, -0.1) is 0 Å². The van der Waals surface area contributed by atoms with Crippen LogP contribution in [-0.2, 0) is 0 Å². The van der Waals surface area contributed by atoms with Crippen LogP contribution in [0.4, 0.5) is 0 Å². The first-order valence-electron chi connectivity index (χ1n) is 5.13. The standard InChI is InChI=1S/C12H12N2O2S/c1-7-3-8(2)5-9(4-7)17-10-6-13-12(16)14-11(10)15/h3-6H,1-2H3,(H2,13,14,15,16). The highest BCUT2D eigenvalue weighted by molar-refractivity contribution is 7.99. The van der Waals surface area contributed by atoms with Gasteiger partial charge in [0.25, 0.3) is 5.56 Å². The van der Waals surface area contributed by atoms with Gasteiger partial charge in [-0.2, -0.15) is 0 Å². The minimum absolute atomic E-state index is 0.363. The van der Waals surface area contributed by atoms with Crippen molar-refractivity contribution in [3.63, 3.8) is 0 Å². The summed E-state index contributed by atoms with van der Waals surface area (Å²) < 4.78 is 0. The molecule has 88 valence electrons. The minimum Gasteiger partial charge on any atom is -0.313 e. The molecule has 4 nitrogen and oxygen atoms in total. The molecule has 0 saturated carbocycles. The average molecular weight is 248 g/mol. The van der Waals surface area contributed by atoms with E-state index in [0.29, 0.717) is 4.90 Å². The summed E-state index contributed by atoms with van der Waals surface area (Å²) in [6, 6.07) is 6.07. The fourth-order valence-electron chi connectivity index (χ4n) is 1.59. The Morgan fingerprint density at radius 2 is 1.71 bits per heavy atom. The van der Waals surface area contributed by atoms with Crippen molar-refractivity contribution in [2.45, 2.75) is 23.6 Å². The molecule has 0 spiro atoms. The summed E-state index contributed by atoms with van der Waals surface area (Å²) in [6.45, 7) is 4.02. The molecule has 2 rings (SSSR count). The summed E-state index contributed by atoms with van der Waals surface area (Å²) in [5.74, 6) is 0. The number of benzene rings is 1. The number of H-pyrrole nitrogens is 2. The molecular formula is C12H12N2O2S. The molecule has 0 radical (unpaired) electrons. The number of hydrogen-bond acceptors (Lipinski definition) is 3. The van der Waals surface area contributed by atoms with E-state index in [-0.39, 0.29) is 5.56 Å². The molecule has 1 heterocycles. The molecule has 1 aromatic carbocycles. The van der Waals surface area contributed by atoms with E-state index >= 15 is 0 Å². The minimum atomic E-state index is -0.486. The molecule has 0 aliphatic carbocycles. The molecule has 2 aromatic rings. The van der Waals surface area contributed by atoms with Crippen LogP contribution in [0.15, 0.2) is 43.8 Å². The van der Waals surface area contributed by atoms with Gasteiger partial charge >= 0.3 is 5.69 Å². The van der Waals surface area contributed by atoms with Crippen LogP contribution in [-0.4, -0.2) is 9.97 Å². The van der Waals surface area contributed by atoms with E-state index in [1.165, 1.54) is 18.0 Å². The monoisotopic (exact) mass is 248 g/mol. The van der Waals surface area contributed by atoms with Crippen LogP contribution in [0.25, 0.3) is 0 Å². The number of nitrogens with one attached hydrogen (secondary N) is 2. The van der Waals surface area contributed by atoms with E-state index in [4.69, 9.17) is 0 Å². The topological polar surface area (TPSA) is 65.7 Å². The Hall–Kier alpha value is -1.75. The van der Waals surface area contributed by atoms with Crippen molar-refractivity contribution < 1.29 is 0 Å². The highest BCUT2D eigenvalue weighted by Crippen LogP contribution is 2.25. The molecule has 17 heavy (non-hydrogen) atoms. The maximum atomic E-state index is 11.5. The van der Waals surface area contributed by atoms with Crippen LogP contribution in [0, 0.1) is 13.8 Å². The predicted molar refractivity (Wildman–Crippen MR) is 67.7 cm³/mol. The lowest BCUT2D eigenvalue weighted by Crippen LogP contribution is -2.22. The lowest BCUT2D eigenvalue weighted by atomic mass is 10.2. The summed E-state index contributed by atoms with van der Waals surface area (Å²) in [5.41, 5.74) is 1.44. The quantitative estimate of drug-likeness (QED) is 0.852. The summed E-state index contributed by atoms with van der Waals surface area (Å²) in [5, 5.41) is 0. The van der Waals surface area contributed by atoms with Crippen molar-refractivity contribution >= 4 is 11.8 Å². The normalized spacial score (nSPS) is 10.5. The fraction of sp³-hybridized carbons (Fsp3) is 0.167. The first-order valence-corrected chi connectivity index (χ1v) is 5.94. The molecule has 2 N–H and O–H groups in total. The smallest absolute Gasteiger partial charge is 0.313 e. The average Bonchev–Trinajstić information content (AvgIpc) is 2.21. The molecule has 5 heteroatoms. The number of aromatic nitrogens is 2. The van der Waals surface area contributed by atoms with Gasteiger partial charge in [-0.05, 0) is 37.1 Å². The lowest BCUT2D eigenvalue weighted by Gasteiger charge is -2.03. The first kappa shape index (κ1) is 11.7. The zero-order valence-corrected chi connectivity index (χ0v) is 10.4. The second kappa shape index (κ2) is 4.63. The molecule has 0 atom stereocenters. The van der Waals surface area contributed by atoms with Gasteiger partial charge in [0.1, 0.15) is 0 Å². The van der Waals surface area contributed by atoms with E-state index in [0.717, 1.165) is 16.0 Å². The largest absolute Gasteiger partial charge is 0.325 e. The number of hydrogen-bond donors (Lipinski definition) is 2. The zero-order valence-electron chi connectivity index (χ0n) is 9.53. The Kier molecular flexibility index (Phi) is 3.19. The van der Waals surface area contributed by atoms with Crippen molar-refractivity contribution in [3.8, 4) is 0 Å². The first-order chi connectivity index (χ1) is 8.04. The van der Waals surface area contributed by atoms with Crippen LogP contribution in [0.5, 0.6) is 0 Å². The third-order valence-corrected chi connectivity index (χ3v) is 3.20. The van der Waals surface area contributed by atoms with Gasteiger partial charge in [0.05, 0.1) is 4.90 Å². The van der Waals surface area contributed by atoms with Crippen LogP contribution in [0.1, 0.15) is 11.1 Å². The summed E-state index contributed by atoms with van der Waals surface area (Å²) in [6.07, 6.45) is 1.43. The van der Waals surface area contributed by atoms with Crippen molar-refractivity contribution in [3.05, 3.63) is 56.4 Å². The van der Waals surface area contributed by atoms with Gasteiger partial charge in [0.15, 0.2) is 0 Å². The second-order valence-corrected chi connectivity index (χ2v) is 4.98. The van der Waals surface area contributed by atoms with Crippen LogP contribution in [0.2, 0.25) is 0 Å². The van der Waals surface area contributed by atoms with Crippen molar-refractivity contribution in [2.24, 2.45) is 0 Å². The van der Waals surface area contributed by atoms with Gasteiger partial charge in [-0.1, -0.05) is 17.8 Å². The van der Waals surface area contributed by atoms with Gasteiger partial charge in [-0.3, -0.25) is 9.78 Å². The summed E-state index contributed by atoms with van der Waals surface area (Å²) in [4.78, 5) is 28.5. The second-order valence-electron chi connectivity index (χ2n) is 3.86. The third-order valence-electron chi connectivity index (χ3n) is 2.21. The van der Waals surface area contributed by atoms with Crippen LogP contribution < -0.4 is 11.2 Å². The molecule has 0 unspecified atom stereocenters. The Morgan fingerprint density at radius 1 is 1.06 bits per heavy atom. The van der Waals surface area contributed by atoms with Gasteiger partial charge in [0.2, 0.25) is 0 Å². The molecule has 1 aromatic heterocycles. The van der Waals surface area contributed by atoms with E-state index in [1.807, 2.05) is 26.0 Å². The van der Waals surface area contributed by atoms with E-state index in [1.54, 1.807) is 0 Å². The maximum absolute atomic E-state index is 11.5. The van der Waals surface area contributed by atoms with Gasteiger partial charge in [0, 0.05) is 11.1 Å². The number of aryl methyl sites for hydroxylation is 2. The molecule has 0 saturated heterocycles. The van der Waals surface area contributed by atoms with E-state index in [2.05, 4.69) is 16.0 Å². The third kappa shape index (κ3) is 2.88. The summed E-state index contributed by atoms with van der Waals surface area (Å²) >= 11 is 1.34. The molecule has 0 aliphatic heterocycles. The van der Waals surface area contributed by atoms with Crippen LogP contribution >= 0.6 is 11.8 Å². The van der Waals surface area contributed by atoms with Crippen LogP contribution in [0.3, 0.4) is 0 Å². The Balaban J connectivity index is 2.38. The van der Waals surface area contributed by atoms with Crippen molar-refractivity contribution in [2.75, 3.05) is 0 Å². The highest BCUT2D eigenvalue weighted by Gasteiger charge is 2.04. The van der Waals surface area contributed by atoms with Crippen molar-refractivity contribution in [1.29, 1.82) is 0 Å². The van der Waals surface area contributed by atoms with Crippen molar-refractivity contribution in [1.82, 2.24) is 9.97 Å². The Bertz CT molecular complexity index is 638. The maximum Gasteiger partial charge on any atom is 0.325 e. The summed E-state index contributed by atoms with van der Waals surface area (Å²) in [7, 11) is 0. The fourth-order valence-corrected chi connectivity index (χ4v) is 2.60. The highest BCUT2D eigenvalue weighted by atomic mass is 32.2. The molecule has 0 bridgehead atoms.